The number of rotatable bonds is 10. The highest BCUT2D eigenvalue weighted by atomic mass is 16.7. The SMILES string of the molecule is CCCn1c(-c2ccccc2)c(C)c2c(/C=C(\C)C(=O)OCC)cc(OC)c(OCOC)c21. The molecule has 0 saturated heterocycles. The van der Waals surface area contributed by atoms with Crippen molar-refractivity contribution < 1.29 is 23.7 Å². The molecule has 1 heterocycles. The number of esters is 1. The van der Waals surface area contributed by atoms with Gasteiger partial charge >= 0.3 is 5.97 Å². The molecule has 6 heteroatoms. The summed E-state index contributed by atoms with van der Waals surface area (Å²) in [4.78, 5) is 12.4. The summed E-state index contributed by atoms with van der Waals surface area (Å²) in [6, 6.07) is 12.2. The van der Waals surface area contributed by atoms with Gasteiger partial charge in [-0.1, -0.05) is 37.3 Å². The third-order valence-corrected chi connectivity index (χ3v) is 5.53. The minimum atomic E-state index is -0.335. The van der Waals surface area contributed by atoms with Crippen LogP contribution in [0.2, 0.25) is 0 Å². The lowest BCUT2D eigenvalue weighted by Crippen LogP contribution is -2.06. The Morgan fingerprint density at radius 1 is 1.12 bits per heavy atom. The maximum absolute atomic E-state index is 12.4. The maximum atomic E-state index is 12.4. The molecule has 0 radical (unpaired) electrons. The van der Waals surface area contributed by atoms with E-state index in [2.05, 4.69) is 30.5 Å². The Bertz CT molecular complexity index is 1140. The molecule has 6 nitrogen and oxygen atoms in total. The number of aromatic nitrogens is 1. The van der Waals surface area contributed by atoms with E-state index in [1.807, 2.05) is 30.3 Å². The zero-order valence-corrected chi connectivity index (χ0v) is 20.4. The van der Waals surface area contributed by atoms with Gasteiger partial charge < -0.3 is 23.5 Å². The van der Waals surface area contributed by atoms with Crippen molar-refractivity contribution in [1.29, 1.82) is 0 Å². The molecule has 0 fully saturated rings. The van der Waals surface area contributed by atoms with Crippen molar-refractivity contribution in [3.05, 3.63) is 53.1 Å². The molecule has 176 valence electrons. The van der Waals surface area contributed by atoms with Crippen molar-refractivity contribution in [3.8, 4) is 22.8 Å². The van der Waals surface area contributed by atoms with Crippen LogP contribution < -0.4 is 9.47 Å². The number of methoxy groups -OCH3 is 2. The molecule has 0 saturated carbocycles. The molecule has 1 aromatic heterocycles. The number of aryl methyl sites for hydroxylation is 2. The highest BCUT2D eigenvalue weighted by molar-refractivity contribution is 6.04. The van der Waals surface area contributed by atoms with Crippen molar-refractivity contribution >= 4 is 22.9 Å². The van der Waals surface area contributed by atoms with Crippen LogP contribution in [-0.2, 0) is 20.8 Å². The first-order valence-corrected chi connectivity index (χ1v) is 11.2. The van der Waals surface area contributed by atoms with E-state index in [0.29, 0.717) is 23.7 Å². The first-order valence-electron chi connectivity index (χ1n) is 11.2. The largest absolute Gasteiger partial charge is 0.493 e. The van der Waals surface area contributed by atoms with Crippen molar-refractivity contribution in [2.24, 2.45) is 0 Å². The predicted octanol–water partition coefficient (Wildman–Crippen LogP) is 5.98. The molecule has 0 aliphatic carbocycles. The van der Waals surface area contributed by atoms with Gasteiger partial charge in [0.25, 0.3) is 0 Å². The van der Waals surface area contributed by atoms with Gasteiger partial charge in [0.1, 0.15) is 0 Å². The lowest BCUT2D eigenvalue weighted by atomic mass is 10.0. The molecule has 0 aliphatic heterocycles. The molecule has 0 N–H and O–H groups in total. The third-order valence-electron chi connectivity index (χ3n) is 5.53. The zero-order chi connectivity index (χ0) is 24.0. The molecular weight excluding hydrogens is 418 g/mol. The Morgan fingerprint density at radius 2 is 1.85 bits per heavy atom. The smallest absolute Gasteiger partial charge is 0.333 e. The van der Waals surface area contributed by atoms with Crippen molar-refractivity contribution in [3.63, 3.8) is 0 Å². The Hall–Kier alpha value is -3.25. The van der Waals surface area contributed by atoms with Gasteiger partial charge in [0.05, 0.1) is 24.9 Å². The molecule has 0 unspecified atom stereocenters. The third kappa shape index (κ3) is 4.91. The lowest BCUT2D eigenvalue weighted by Gasteiger charge is -2.17. The average molecular weight is 452 g/mol. The van der Waals surface area contributed by atoms with Gasteiger partial charge in [-0.05, 0) is 56.0 Å². The number of hydrogen-bond acceptors (Lipinski definition) is 5. The Labute approximate surface area is 195 Å². The quantitative estimate of drug-likeness (QED) is 0.215. The minimum Gasteiger partial charge on any atom is -0.493 e. The summed E-state index contributed by atoms with van der Waals surface area (Å²) in [6.07, 6.45) is 2.80. The fourth-order valence-corrected chi connectivity index (χ4v) is 4.21. The van der Waals surface area contributed by atoms with Crippen LogP contribution >= 0.6 is 0 Å². The molecule has 0 bridgehead atoms. The van der Waals surface area contributed by atoms with E-state index in [4.69, 9.17) is 18.9 Å². The standard InChI is InChI=1S/C27H33NO5/c1-7-14-28-24(20-12-10-9-11-13-20)19(4)23-21(15-18(3)27(29)32-8-2)16-22(31-6)26(25(23)28)33-17-30-5/h9-13,15-16H,7-8,14,17H2,1-6H3/b18-15+. The number of benzene rings is 2. The summed E-state index contributed by atoms with van der Waals surface area (Å²) in [6.45, 7) is 9.05. The van der Waals surface area contributed by atoms with Gasteiger partial charge in [-0.2, -0.15) is 0 Å². The van der Waals surface area contributed by atoms with Gasteiger partial charge in [-0.25, -0.2) is 4.79 Å². The fourth-order valence-electron chi connectivity index (χ4n) is 4.21. The number of fused-ring (bicyclic) bond motifs is 1. The number of hydrogen-bond donors (Lipinski definition) is 0. The molecule has 0 amide bonds. The highest BCUT2D eigenvalue weighted by Gasteiger charge is 2.24. The number of ether oxygens (including phenoxy) is 4. The number of carbonyl (C=O) groups excluding carboxylic acids is 1. The molecule has 3 rings (SSSR count). The van der Waals surface area contributed by atoms with Crippen LogP contribution in [0.4, 0.5) is 0 Å². The van der Waals surface area contributed by atoms with E-state index in [0.717, 1.165) is 46.3 Å². The van der Waals surface area contributed by atoms with E-state index in [-0.39, 0.29) is 12.8 Å². The zero-order valence-electron chi connectivity index (χ0n) is 20.4. The minimum absolute atomic E-state index is 0.0967. The summed E-state index contributed by atoms with van der Waals surface area (Å²) >= 11 is 0. The van der Waals surface area contributed by atoms with Crippen LogP contribution in [0.5, 0.6) is 11.5 Å². The van der Waals surface area contributed by atoms with Crippen molar-refractivity contribution in [2.45, 2.75) is 40.7 Å². The van der Waals surface area contributed by atoms with E-state index in [1.165, 1.54) is 0 Å². The summed E-state index contributed by atoms with van der Waals surface area (Å²) in [5, 5.41) is 1.01. The van der Waals surface area contributed by atoms with Crippen LogP contribution in [0.1, 0.15) is 38.3 Å². The summed E-state index contributed by atoms with van der Waals surface area (Å²) in [7, 11) is 3.21. The van der Waals surface area contributed by atoms with Gasteiger partial charge in [0.15, 0.2) is 18.3 Å². The average Bonchev–Trinajstić information content (AvgIpc) is 3.11. The van der Waals surface area contributed by atoms with E-state index < -0.39 is 0 Å². The number of carbonyl (C=O) groups is 1. The normalized spacial score (nSPS) is 11.6. The maximum Gasteiger partial charge on any atom is 0.333 e. The van der Waals surface area contributed by atoms with Crippen LogP contribution in [0.25, 0.3) is 28.2 Å². The Kier molecular flexibility index (Phi) is 8.17. The Morgan fingerprint density at radius 3 is 2.45 bits per heavy atom. The second-order valence-corrected chi connectivity index (χ2v) is 7.81. The van der Waals surface area contributed by atoms with E-state index in [1.54, 1.807) is 28.1 Å². The van der Waals surface area contributed by atoms with E-state index in [9.17, 15) is 4.79 Å². The van der Waals surface area contributed by atoms with Crippen LogP contribution in [0.15, 0.2) is 42.0 Å². The van der Waals surface area contributed by atoms with Gasteiger partial charge in [-0.3, -0.25) is 0 Å². The molecule has 3 aromatic rings. The van der Waals surface area contributed by atoms with E-state index >= 15 is 0 Å². The predicted molar refractivity (Wildman–Crippen MR) is 132 cm³/mol. The molecule has 0 aliphatic rings. The number of nitrogens with zero attached hydrogens (tertiary/aromatic N) is 1. The first kappa shape index (κ1) is 24.4. The summed E-state index contributed by atoms with van der Waals surface area (Å²) in [5.74, 6) is 0.870. The molecule has 2 aromatic carbocycles. The van der Waals surface area contributed by atoms with Crippen molar-refractivity contribution in [1.82, 2.24) is 4.57 Å². The van der Waals surface area contributed by atoms with Gasteiger partial charge in [0, 0.05) is 24.6 Å². The molecule has 0 atom stereocenters. The summed E-state index contributed by atoms with van der Waals surface area (Å²) < 4.78 is 24.5. The second kappa shape index (κ2) is 11.1. The van der Waals surface area contributed by atoms with Crippen LogP contribution in [0.3, 0.4) is 0 Å². The molecule has 0 spiro atoms. The lowest BCUT2D eigenvalue weighted by molar-refractivity contribution is -0.138. The topological polar surface area (TPSA) is 58.9 Å². The second-order valence-electron chi connectivity index (χ2n) is 7.81. The fraction of sp³-hybridized carbons (Fsp3) is 0.370. The monoisotopic (exact) mass is 451 g/mol. The molecular formula is C27H33NO5. The summed E-state index contributed by atoms with van der Waals surface area (Å²) in [5.41, 5.74) is 5.67. The first-order chi connectivity index (χ1) is 16.0. The highest BCUT2D eigenvalue weighted by Crippen LogP contribution is 2.45. The van der Waals surface area contributed by atoms with Crippen LogP contribution in [0, 0.1) is 6.92 Å². The Balaban J connectivity index is 2.44. The van der Waals surface area contributed by atoms with Crippen molar-refractivity contribution in [2.75, 3.05) is 27.6 Å². The van der Waals surface area contributed by atoms with Crippen LogP contribution in [-0.4, -0.2) is 38.2 Å². The van der Waals surface area contributed by atoms with Gasteiger partial charge in [0.2, 0.25) is 0 Å². The molecule has 33 heavy (non-hydrogen) atoms. The van der Waals surface area contributed by atoms with Gasteiger partial charge in [-0.15, -0.1) is 0 Å².